The Bertz CT molecular complexity index is 193. The molecule has 0 aliphatic heterocycles. The molecular formula is C9H16O4S. The molecule has 0 aliphatic rings. The predicted octanol–water partition coefficient (Wildman–Crippen LogP) is 1.84. The molecule has 0 aromatic carbocycles. The molecule has 0 unspecified atom stereocenters. The Labute approximate surface area is 87.7 Å². The molecule has 0 radical (unpaired) electrons. The summed E-state index contributed by atoms with van der Waals surface area (Å²) >= 11 is 1.22. The van der Waals surface area contributed by atoms with Crippen LogP contribution in [-0.2, 0) is 9.59 Å². The minimum absolute atomic E-state index is 0.299. The van der Waals surface area contributed by atoms with Gasteiger partial charge in [0.25, 0.3) is 0 Å². The largest absolute Gasteiger partial charge is 0.481 e. The SMILES string of the molecule is CCCCCS[C@@H](CC(=O)O)C(=O)O. The van der Waals surface area contributed by atoms with Crippen LogP contribution in [0.1, 0.15) is 32.6 Å². The van der Waals surface area contributed by atoms with Gasteiger partial charge in [0.1, 0.15) is 5.25 Å². The highest BCUT2D eigenvalue weighted by Gasteiger charge is 2.20. The number of aliphatic carboxylic acids is 2. The lowest BCUT2D eigenvalue weighted by Crippen LogP contribution is -2.20. The van der Waals surface area contributed by atoms with Crippen LogP contribution in [0.2, 0.25) is 0 Å². The van der Waals surface area contributed by atoms with Crippen molar-refractivity contribution in [1.82, 2.24) is 0 Å². The van der Waals surface area contributed by atoms with Crippen LogP contribution in [-0.4, -0.2) is 33.2 Å². The van der Waals surface area contributed by atoms with Gasteiger partial charge in [0.15, 0.2) is 0 Å². The van der Waals surface area contributed by atoms with Crippen molar-refractivity contribution in [2.24, 2.45) is 0 Å². The molecule has 0 heterocycles. The molecule has 0 aromatic rings. The summed E-state index contributed by atoms with van der Waals surface area (Å²) in [4.78, 5) is 20.9. The van der Waals surface area contributed by atoms with E-state index >= 15 is 0 Å². The summed E-state index contributed by atoms with van der Waals surface area (Å²) in [5.74, 6) is -1.37. The fraction of sp³-hybridized carbons (Fsp3) is 0.778. The lowest BCUT2D eigenvalue weighted by Gasteiger charge is -2.08. The van der Waals surface area contributed by atoms with Gasteiger partial charge in [0.05, 0.1) is 6.42 Å². The fourth-order valence-electron chi connectivity index (χ4n) is 0.954. The van der Waals surface area contributed by atoms with Crippen LogP contribution in [0.5, 0.6) is 0 Å². The highest BCUT2D eigenvalue weighted by atomic mass is 32.2. The van der Waals surface area contributed by atoms with E-state index in [1.807, 2.05) is 0 Å². The number of carbonyl (C=O) groups is 2. The molecule has 0 bridgehead atoms. The monoisotopic (exact) mass is 220 g/mol. The van der Waals surface area contributed by atoms with E-state index in [0.717, 1.165) is 25.0 Å². The van der Waals surface area contributed by atoms with Gasteiger partial charge in [-0.25, -0.2) is 0 Å². The fourth-order valence-corrected chi connectivity index (χ4v) is 2.01. The number of carboxylic acids is 2. The van der Waals surface area contributed by atoms with E-state index < -0.39 is 17.2 Å². The molecule has 0 rings (SSSR count). The van der Waals surface area contributed by atoms with Crippen molar-refractivity contribution in [1.29, 1.82) is 0 Å². The van der Waals surface area contributed by atoms with Gasteiger partial charge in [-0.05, 0) is 12.2 Å². The Morgan fingerprint density at radius 3 is 2.36 bits per heavy atom. The molecule has 0 aromatic heterocycles. The topological polar surface area (TPSA) is 74.6 Å². The van der Waals surface area contributed by atoms with Crippen LogP contribution < -0.4 is 0 Å². The zero-order chi connectivity index (χ0) is 11.0. The molecule has 5 heteroatoms. The van der Waals surface area contributed by atoms with Crippen LogP contribution in [0, 0.1) is 0 Å². The molecule has 2 N–H and O–H groups in total. The highest BCUT2D eigenvalue weighted by molar-refractivity contribution is 8.00. The zero-order valence-corrected chi connectivity index (χ0v) is 9.05. The molecular weight excluding hydrogens is 204 g/mol. The van der Waals surface area contributed by atoms with Crippen molar-refractivity contribution >= 4 is 23.7 Å². The summed E-state index contributed by atoms with van der Waals surface area (Å²) in [6.07, 6.45) is 2.79. The second-order valence-corrected chi connectivity index (χ2v) is 4.31. The second kappa shape index (κ2) is 7.67. The molecule has 82 valence electrons. The van der Waals surface area contributed by atoms with Gasteiger partial charge in [0.2, 0.25) is 0 Å². The van der Waals surface area contributed by atoms with Crippen LogP contribution in [0.4, 0.5) is 0 Å². The molecule has 1 atom stereocenters. The van der Waals surface area contributed by atoms with Crippen LogP contribution >= 0.6 is 11.8 Å². The maximum Gasteiger partial charge on any atom is 0.317 e. The first-order valence-corrected chi connectivity index (χ1v) is 5.69. The van der Waals surface area contributed by atoms with Gasteiger partial charge >= 0.3 is 11.9 Å². The predicted molar refractivity (Wildman–Crippen MR) is 55.7 cm³/mol. The molecule has 4 nitrogen and oxygen atoms in total. The molecule has 0 spiro atoms. The maximum absolute atomic E-state index is 10.6. The van der Waals surface area contributed by atoms with E-state index in [2.05, 4.69) is 6.92 Å². The summed E-state index contributed by atoms with van der Waals surface area (Å²) < 4.78 is 0. The van der Waals surface area contributed by atoms with Gasteiger partial charge < -0.3 is 10.2 Å². The van der Waals surface area contributed by atoms with Crippen molar-refractivity contribution < 1.29 is 19.8 Å². The average Bonchev–Trinajstić information content (AvgIpc) is 2.09. The number of rotatable bonds is 8. The summed E-state index contributed by atoms with van der Waals surface area (Å²) in [7, 11) is 0. The minimum atomic E-state index is -1.06. The Kier molecular flexibility index (Phi) is 7.28. The Hall–Kier alpha value is -0.710. The smallest absolute Gasteiger partial charge is 0.317 e. The Morgan fingerprint density at radius 2 is 1.93 bits per heavy atom. The molecule has 14 heavy (non-hydrogen) atoms. The van der Waals surface area contributed by atoms with Crippen LogP contribution in [0.15, 0.2) is 0 Å². The lowest BCUT2D eigenvalue weighted by molar-refractivity contribution is -0.142. The second-order valence-electron chi connectivity index (χ2n) is 3.00. The van der Waals surface area contributed by atoms with Crippen LogP contribution in [0.25, 0.3) is 0 Å². The third-order valence-electron chi connectivity index (χ3n) is 1.70. The lowest BCUT2D eigenvalue weighted by atomic mass is 10.3. The average molecular weight is 220 g/mol. The zero-order valence-electron chi connectivity index (χ0n) is 8.23. The highest BCUT2D eigenvalue weighted by Crippen LogP contribution is 2.17. The number of carboxylic acid groups (broad SMARTS) is 2. The summed E-state index contributed by atoms with van der Waals surface area (Å²) in [5, 5.41) is 16.4. The molecule has 0 saturated carbocycles. The Balaban J connectivity index is 3.74. The summed E-state index contributed by atoms with van der Waals surface area (Å²) in [6.45, 7) is 2.07. The van der Waals surface area contributed by atoms with E-state index in [0.29, 0.717) is 0 Å². The van der Waals surface area contributed by atoms with E-state index in [9.17, 15) is 9.59 Å². The van der Waals surface area contributed by atoms with Crippen molar-refractivity contribution in [3.63, 3.8) is 0 Å². The van der Waals surface area contributed by atoms with Gasteiger partial charge in [-0.15, -0.1) is 11.8 Å². The quantitative estimate of drug-likeness (QED) is 0.610. The molecule has 0 aliphatic carbocycles. The Morgan fingerprint density at radius 1 is 1.29 bits per heavy atom. The van der Waals surface area contributed by atoms with Gasteiger partial charge in [0, 0.05) is 0 Å². The van der Waals surface area contributed by atoms with Crippen LogP contribution in [0.3, 0.4) is 0 Å². The van der Waals surface area contributed by atoms with Crippen molar-refractivity contribution in [2.75, 3.05) is 5.75 Å². The van der Waals surface area contributed by atoms with E-state index in [4.69, 9.17) is 10.2 Å². The molecule has 0 saturated heterocycles. The number of unbranched alkanes of at least 4 members (excludes halogenated alkanes) is 2. The summed E-state index contributed by atoms with van der Waals surface area (Å²) in [6, 6.07) is 0. The number of thioether (sulfide) groups is 1. The van der Waals surface area contributed by atoms with Gasteiger partial charge in [-0.2, -0.15) is 0 Å². The summed E-state index contributed by atoms with van der Waals surface area (Å²) in [5.41, 5.74) is 0. The van der Waals surface area contributed by atoms with Gasteiger partial charge in [-0.3, -0.25) is 9.59 Å². The minimum Gasteiger partial charge on any atom is -0.481 e. The van der Waals surface area contributed by atoms with E-state index in [1.165, 1.54) is 11.8 Å². The van der Waals surface area contributed by atoms with E-state index in [-0.39, 0.29) is 6.42 Å². The first kappa shape index (κ1) is 13.3. The first-order valence-electron chi connectivity index (χ1n) is 4.64. The van der Waals surface area contributed by atoms with Gasteiger partial charge in [-0.1, -0.05) is 19.8 Å². The standard InChI is InChI=1S/C9H16O4S/c1-2-3-4-5-14-7(9(12)13)6-8(10)11/h7H,2-6H2,1H3,(H,10,11)(H,12,13)/t7-/m0/s1. The third kappa shape index (κ3) is 6.77. The number of hydrogen-bond donors (Lipinski definition) is 2. The number of hydrogen-bond acceptors (Lipinski definition) is 3. The van der Waals surface area contributed by atoms with E-state index in [1.54, 1.807) is 0 Å². The van der Waals surface area contributed by atoms with Crippen molar-refractivity contribution in [3.8, 4) is 0 Å². The third-order valence-corrected chi connectivity index (χ3v) is 3.00. The molecule has 0 amide bonds. The van der Waals surface area contributed by atoms with Crippen molar-refractivity contribution in [3.05, 3.63) is 0 Å². The normalized spacial score (nSPS) is 12.4. The maximum atomic E-state index is 10.6. The van der Waals surface area contributed by atoms with Crippen molar-refractivity contribution in [2.45, 2.75) is 37.9 Å². The molecule has 0 fully saturated rings. The first-order chi connectivity index (χ1) is 6.57.